The maximum absolute atomic E-state index is 13.6. The molecule has 20 nitrogen and oxygen atoms in total. The van der Waals surface area contributed by atoms with E-state index in [1.807, 2.05) is 25.2 Å². The van der Waals surface area contributed by atoms with E-state index in [4.69, 9.17) is 60.3 Å². The number of rotatable bonds is 11. The summed E-state index contributed by atoms with van der Waals surface area (Å²) in [7, 11) is 8.00. The maximum Gasteiger partial charge on any atom is 0.417 e. The van der Waals surface area contributed by atoms with Crippen LogP contribution in [-0.4, -0.2) is 103 Å². The van der Waals surface area contributed by atoms with E-state index >= 15 is 0 Å². The van der Waals surface area contributed by atoms with Crippen molar-refractivity contribution in [3.8, 4) is 56.9 Å². The molecule has 0 saturated carbocycles. The van der Waals surface area contributed by atoms with Crippen molar-refractivity contribution in [1.29, 1.82) is 0 Å². The van der Waals surface area contributed by atoms with Crippen LogP contribution in [0.2, 0.25) is 15.1 Å². The largest absolute Gasteiger partial charge is 0.476 e. The third-order valence-electron chi connectivity index (χ3n) is 12.3. The minimum absolute atomic E-state index is 0.0367. The molecule has 5 N–H and O–H groups in total. The number of alkyl halides is 3. The van der Waals surface area contributed by atoms with Gasteiger partial charge in [0.15, 0.2) is 28.5 Å². The quantitative estimate of drug-likeness (QED) is 0.0753. The molecule has 88 heavy (non-hydrogen) atoms. The summed E-state index contributed by atoms with van der Waals surface area (Å²) in [6, 6.07) is 25.6. The first-order chi connectivity index (χ1) is 41.3. The lowest BCUT2D eigenvalue weighted by atomic mass is 9.97. The number of carbonyl (C=O) groups is 5. The summed E-state index contributed by atoms with van der Waals surface area (Å²) in [5, 5.41) is 45.2. The number of carboxylic acids is 5. The summed E-state index contributed by atoms with van der Waals surface area (Å²) in [5.74, 6) is -6.31. The first-order valence-electron chi connectivity index (χ1n) is 25.2. The number of aromatic carboxylic acids is 5. The smallest absolute Gasteiger partial charge is 0.417 e. The van der Waals surface area contributed by atoms with Gasteiger partial charge in [-0.15, -0.1) is 0 Å². The normalized spacial score (nSPS) is 10.8. The van der Waals surface area contributed by atoms with Crippen LogP contribution in [0.3, 0.4) is 0 Å². The van der Waals surface area contributed by atoms with Crippen molar-refractivity contribution >= 4 is 64.6 Å². The first-order valence-corrected chi connectivity index (χ1v) is 26.4. The number of aryl methyl sites for hydroxylation is 5. The van der Waals surface area contributed by atoms with Crippen molar-refractivity contribution in [3.63, 3.8) is 0 Å². The predicted octanol–water partition coefficient (Wildman–Crippen LogP) is 13.4. The molecule has 0 aliphatic heterocycles. The van der Waals surface area contributed by atoms with Crippen LogP contribution in [0.15, 0.2) is 134 Å². The molecule has 0 unspecified atom stereocenters. The highest BCUT2D eigenvalue weighted by atomic mass is 35.5. The number of hydrogen-bond acceptors (Lipinski definition) is 10. The molecule has 5 aromatic heterocycles. The number of nitrogens with zero attached hydrogens (tertiary/aromatic N) is 10. The topological polar surface area (TPSA) is 276 Å². The maximum atomic E-state index is 13.6. The lowest BCUT2D eigenvalue weighted by Crippen LogP contribution is -2.08. The number of hydrogen-bond donors (Lipinski definition) is 5. The number of carboxylic acid groups (broad SMARTS) is 5. The second-order valence-electron chi connectivity index (χ2n) is 18.9. The Labute approximate surface area is 510 Å². The van der Waals surface area contributed by atoms with Gasteiger partial charge < -0.3 is 48.4 Å². The molecule has 0 bridgehead atoms. The zero-order valence-corrected chi connectivity index (χ0v) is 49.2. The Morgan fingerprint density at radius 3 is 1.05 bits per heavy atom. The van der Waals surface area contributed by atoms with Gasteiger partial charge in [0.25, 0.3) is 0 Å². The Morgan fingerprint density at radius 2 is 0.682 bits per heavy atom. The second kappa shape index (κ2) is 28.4. The van der Waals surface area contributed by atoms with Gasteiger partial charge in [-0.2, -0.15) is 13.2 Å². The van der Waals surface area contributed by atoms with Gasteiger partial charge in [0, 0.05) is 77.3 Å². The van der Waals surface area contributed by atoms with Crippen molar-refractivity contribution in [2.24, 2.45) is 35.2 Å². The van der Waals surface area contributed by atoms with Crippen molar-refractivity contribution in [1.82, 2.24) is 47.8 Å². The standard InChI is InChI=1S/C14H16N2O2.C12H9F3N2O2.C11H8Cl2N2O2.C11H8ClFN2O2.C11H8F2N2O2/c1-9(2)10-6-4-5-7-11(10)13-15-12(14(17)18)8-16(13)3;1-17-6-9(11(18)19)16-10(17)7-4-2-3-5-8(7)12(13,14)15;3*1-15-5-8(11(16)17)14-10(15)9-6(12)3-2-4-7(9)13/h4-9H,1-3H3,(H,17,18);2-6H,1H3,(H,18,19);3*2-5H,1H3,(H,16,17). The zero-order valence-electron chi connectivity index (χ0n) is 46.9. The molecule has 0 radical (unpaired) electrons. The fraction of sp³-hybridized carbons (Fsp3) is 0.153. The lowest BCUT2D eigenvalue weighted by Gasteiger charge is -2.12. The molecule has 0 amide bonds. The Balaban J connectivity index is 0.000000176. The number of imidazole rings is 5. The second-order valence-corrected chi connectivity index (χ2v) is 20.1. The van der Waals surface area contributed by atoms with Crippen LogP contribution in [-0.2, 0) is 41.4 Å². The Morgan fingerprint density at radius 1 is 0.398 bits per heavy atom. The molecule has 458 valence electrons. The van der Waals surface area contributed by atoms with E-state index in [0.717, 1.165) is 23.8 Å². The fourth-order valence-electron chi connectivity index (χ4n) is 8.31. The van der Waals surface area contributed by atoms with Crippen LogP contribution in [0.1, 0.15) is 83.3 Å². The Hall–Kier alpha value is -10.1. The monoisotopic (exact) mass is 1280 g/mol. The summed E-state index contributed by atoms with van der Waals surface area (Å²) in [6.07, 6.45) is 2.10. The highest BCUT2D eigenvalue weighted by Crippen LogP contribution is 2.37. The molecule has 0 aliphatic rings. The molecule has 5 aromatic carbocycles. The highest BCUT2D eigenvalue weighted by Gasteiger charge is 2.35. The van der Waals surface area contributed by atoms with E-state index in [1.165, 1.54) is 107 Å². The van der Waals surface area contributed by atoms with Crippen LogP contribution in [0.5, 0.6) is 0 Å². The third kappa shape index (κ3) is 15.9. The van der Waals surface area contributed by atoms with Crippen LogP contribution >= 0.6 is 34.8 Å². The molecule has 0 aliphatic carbocycles. The summed E-state index contributed by atoms with van der Waals surface area (Å²) in [6.45, 7) is 4.22. The Kier molecular flexibility index (Phi) is 21.7. The van der Waals surface area contributed by atoms with E-state index in [-0.39, 0.29) is 67.7 Å². The third-order valence-corrected chi connectivity index (χ3v) is 13.3. The average molecular weight is 1280 g/mol. The van der Waals surface area contributed by atoms with Crippen molar-refractivity contribution in [2.45, 2.75) is 25.9 Å². The van der Waals surface area contributed by atoms with Gasteiger partial charge in [-0.25, -0.2) is 62.1 Å². The van der Waals surface area contributed by atoms with Gasteiger partial charge in [0.1, 0.15) is 46.6 Å². The van der Waals surface area contributed by atoms with Gasteiger partial charge in [-0.3, -0.25) is 0 Å². The summed E-state index contributed by atoms with van der Waals surface area (Å²) in [5.41, 5.74) is 0.791. The van der Waals surface area contributed by atoms with Crippen LogP contribution < -0.4 is 0 Å². The van der Waals surface area contributed by atoms with E-state index in [2.05, 4.69) is 44.8 Å². The SMILES string of the molecule is CC(C)c1ccccc1-c1nc(C(=O)O)cn1C.Cn1cc(C(=O)O)nc1-c1c(Cl)cccc1Cl.Cn1cc(C(=O)O)nc1-c1c(F)cccc1Cl.Cn1cc(C(=O)O)nc1-c1c(F)cccc1F.Cn1cc(C(=O)O)nc1-c1ccccc1C(F)(F)F. The van der Waals surface area contributed by atoms with Crippen LogP contribution in [0, 0.1) is 17.5 Å². The molecule has 5 heterocycles. The van der Waals surface area contributed by atoms with Gasteiger partial charge in [0.2, 0.25) is 0 Å². The molecule has 0 saturated heterocycles. The molecule has 0 fully saturated rings. The minimum Gasteiger partial charge on any atom is -0.476 e. The summed E-state index contributed by atoms with van der Waals surface area (Å²) < 4.78 is 86.5. The molecule has 10 rings (SSSR count). The predicted molar refractivity (Wildman–Crippen MR) is 312 cm³/mol. The summed E-state index contributed by atoms with van der Waals surface area (Å²) >= 11 is 18.0. The van der Waals surface area contributed by atoms with Crippen molar-refractivity contribution in [2.75, 3.05) is 0 Å². The van der Waals surface area contributed by atoms with E-state index < -0.39 is 59.0 Å². The average Bonchev–Trinajstić information content (AvgIpc) is 3.61. The van der Waals surface area contributed by atoms with Crippen LogP contribution in [0.25, 0.3) is 56.9 Å². The van der Waals surface area contributed by atoms with E-state index in [1.54, 1.807) is 41.4 Å². The number of aromatic nitrogens is 10. The summed E-state index contributed by atoms with van der Waals surface area (Å²) in [4.78, 5) is 73.4. The molecule has 0 spiro atoms. The van der Waals surface area contributed by atoms with Gasteiger partial charge in [-0.1, -0.05) is 109 Å². The fourth-order valence-corrected chi connectivity index (χ4v) is 9.12. The van der Waals surface area contributed by atoms with Crippen molar-refractivity contribution < 1.29 is 75.8 Å². The Bertz CT molecular complexity index is 3940. The zero-order chi connectivity index (χ0) is 65.2. The van der Waals surface area contributed by atoms with Gasteiger partial charge in [-0.05, 0) is 53.9 Å². The molecule has 0 atom stereocenters. The van der Waals surface area contributed by atoms with E-state index in [0.29, 0.717) is 33.2 Å². The van der Waals surface area contributed by atoms with Gasteiger partial charge in [0.05, 0.1) is 37.3 Å². The number of benzene rings is 5. The minimum atomic E-state index is -4.52. The van der Waals surface area contributed by atoms with E-state index in [9.17, 15) is 50.3 Å². The van der Waals surface area contributed by atoms with Crippen LogP contribution in [0.4, 0.5) is 26.3 Å². The van der Waals surface area contributed by atoms with Crippen molar-refractivity contribution in [3.05, 3.63) is 206 Å². The molecular weight excluding hydrogens is 1230 g/mol. The highest BCUT2D eigenvalue weighted by molar-refractivity contribution is 6.39. The first kappa shape index (κ1) is 67.1. The number of halogens is 9. The van der Waals surface area contributed by atoms with Gasteiger partial charge >= 0.3 is 36.0 Å². The molecule has 29 heteroatoms. The molecular formula is C59H49Cl3F6N10O10. The lowest BCUT2D eigenvalue weighted by molar-refractivity contribution is -0.137. The molecule has 10 aromatic rings.